The van der Waals surface area contributed by atoms with Gasteiger partial charge in [0.15, 0.2) is 11.5 Å². The summed E-state index contributed by atoms with van der Waals surface area (Å²) in [4.78, 5) is 28.0. The number of likely N-dealkylation sites (N-methyl/N-ethyl adjacent to an activating group) is 1. The Kier molecular flexibility index (Phi) is 11.1. The van der Waals surface area contributed by atoms with Crippen LogP contribution < -0.4 is 16.4 Å². The van der Waals surface area contributed by atoms with Gasteiger partial charge in [-0.1, -0.05) is 77.4 Å². The maximum absolute atomic E-state index is 13.6. The van der Waals surface area contributed by atoms with Gasteiger partial charge in [0, 0.05) is 49.3 Å². The van der Waals surface area contributed by atoms with Crippen molar-refractivity contribution in [3.05, 3.63) is 113 Å². The summed E-state index contributed by atoms with van der Waals surface area (Å²) in [5.41, 5.74) is 9.02. The SMILES string of the molecule is CN(CC(c1ccccc1)c1ccccc1)C(=O)[C@H](CCCN)NCCNC(=O)c1cc(-c2ccc(Cl)cc2)on1. The first-order chi connectivity index (χ1) is 20.0. The number of nitrogens with zero attached hydrogens (tertiary/aromatic N) is 2. The topological polar surface area (TPSA) is 113 Å². The summed E-state index contributed by atoms with van der Waals surface area (Å²) < 4.78 is 5.32. The fraction of sp³-hybridized carbons (Fsp3) is 0.281. The molecule has 0 aliphatic heterocycles. The van der Waals surface area contributed by atoms with Crippen molar-refractivity contribution in [1.29, 1.82) is 0 Å². The average Bonchev–Trinajstić information content (AvgIpc) is 3.51. The lowest BCUT2D eigenvalue weighted by Crippen LogP contribution is -2.48. The molecule has 0 unspecified atom stereocenters. The van der Waals surface area contributed by atoms with Crippen LogP contribution in [-0.2, 0) is 4.79 Å². The largest absolute Gasteiger partial charge is 0.355 e. The van der Waals surface area contributed by atoms with Crippen LogP contribution in [0.2, 0.25) is 5.02 Å². The van der Waals surface area contributed by atoms with E-state index in [9.17, 15) is 9.59 Å². The molecule has 41 heavy (non-hydrogen) atoms. The van der Waals surface area contributed by atoms with Crippen LogP contribution in [0, 0.1) is 0 Å². The van der Waals surface area contributed by atoms with Crippen molar-refractivity contribution in [2.45, 2.75) is 24.8 Å². The first-order valence-electron chi connectivity index (χ1n) is 13.8. The van der Waals surface area contributed by atoms with E-state index in [-0.39, 0.29) is 23.4 Å². The number of carbonyl (C=O) groups is 2. The Morgan fingerprint density at radius 3 is 2.20 bits per heavy atom. The molecule has 2 amide bonds. The van der Waals surface area contributed by atoms with Crippen LogP contribution in [0.25, 0.3) is 11.3 Å². The van der Waals surface area contributed by atoms with Crippen LogP contribution in [0.15, 0.2) is 95.5 Å². The lowest BCUT2D eigenvalue weighted by Gasteiger charge is -2.29. The third kappa shape index (κ3) is 8.50. The molecule has 1 heterocycles. The standard InChI is InChI=1S/C32H36ClN5O3/c1-38(22-27(23-9-4-2-5-10-23)24-11-6-3-7-12-24)32(40)28(13-8-18-34)35-19-20-36-31(39)29-21-30(41-37-29)25-14-16-26(33)17-15-25/h2-7,9-12,14-17,21,27-28,35H,8,13,18-20,22,34H2,1H3,(H,36,39)/t28-/m0/s1. The molecule has 0 spiro atoms. The first kappa shape index (κ1) is 30.0. The van der Waals surface area contributed by atoms with E-state index in [1.54, 1.807) is 35.2 Å². The van der Waals surface area contributed by atoms with Crippen molar-refractivity contribution in [3.8, 4) is 11.3 Å². The van der Waals surface area contributed by atoms with Crippen molar-refractivity contribution in [2.75, 3.05) is 33.2 Å². The number of hydrogen-bond donors (Lipinski definition) is 3. The van der Waals surface area contributed by atoms with Gasteiger partial charge in [0.2, 0.25) is 5.91 Å². The van der Waals surface area contributed by atoms with Gasteiger partial charge in [-0.3, -0.25) is 9.59 Å². The number of amides is 2. The molecular weight excluding hydrogens is 538 g/mol. The molecule has 4 rings (SSSR count). The molecule has 0 saturated heterocycles. The summed E-state index contributed by atoms with van der Waals surface area (Å²) in [6.07, 6.45) is 1.31. The summed E-state index contributed by atoms with van der Waals surface area (Å²) in [5.74, 6) is 0.155. The molecule has 4 N–H and O–H groups in total. The molecule has 3 aromatic carbocycles. The zero-order valence-corrected chi connectivity index (χ0v) is 23.9. The van der Waals surface area contributed by atoms with Crippen molar-refractivity contribution in [2.24, 2.45) is 5.73 Å². The minimum Gasteiger partial charge on any atom is -0.355 e. The number of rotatable bonds is 14. The Labute approximate surface area is 245 Å². The van der Waals surface area contributed by atoms with E-state index in [0.29, 0.717) is 49.8 Å². The highest BCUT2D eigenvalue weighted by atomic mass is 35.5. The lowest BCUT2D eigenvalue weighted by molar-refractivity contribution is -0.132. The normalized spacial score (nSPS) is 11.8. The number of benzene rings is 3. The van der Waals surface area contributed by atoms with Crippen LogP contribution in [0.4, 0.5) is 0 Å². The van der Waals surface area contributed by atoms with Crippen LogP contribution in [-0.4, -0.2) is 61.1 Å². The second-order valence-electron chi connectivity index (χ2n) is 9.87. The number of halogens is 1. The number of hydrogen-bond acceptors (Lipinski definition) is 6. The van der Waals surface area contributed by atoms with Crippen LogP contribution >= 0.6 is 11.6 Å². The molecule has 9 heteroatoms. The Morgan fingerprint density at radius 2 is 1.59 bits per heavy atom. The van der Waals surface area contributed by atoms with Crippen LogP contribution in [0.1, 0.15) is 40.4 Å². The minimum atomic E-state index is -0.420. The number of carbonyl (C=O) groups excluding carboxylic acids is 2. The molecule has 8 nitrogen and oxygen atoms in total. The highest BCUT2D eigenvalue weighted by molar-refractivity contribution is 6.30. The van der Waals surface area contributed by atoms with E-state index < -0.39 is 6.04 Å². The Bertz CT molecular complexity index is 1340. The van der Waals surface area contributed by atoms with Crippen molar-refractivity contribution < 1.29 is 14.1 Å². The first-order valence-corrected chi connectivity index (χ1v) is 14.1. The van der Waals surface area contributed by atoms with E-state index in [4.69, 9.17) is 21.9 Å². The van der Waals surface area contributed by atoms with Gasteiger partial charge in [0.25, 0.3) is 5.91 Å². The number of aromatic nitrogens is 1. The lowest BCUT2D eigenvalue weighted by atomic mass is 9.90. The van der Waals surface area contributed by atoms with Gasteiger partial charge in [0.1, 0.15) is 0 Å². The molecular formula is C32H36ClN5O3. The molecule has 1 aromatic heterocycles. The van der Waals surface area contributed by atoms with E-state index in [1.807, 2.05) is 43.4 Å². The average molecular weight is 574 g/mol. The van der Waals surface area contributed by atoms with E-state index in [0.717, 1.165) is 16.7 Å². The van der Waals surface area contributed by atoms with Crippen LogP contribution in [0.3, 0.4) is 0 Å². The van der Waals surface area contributed by atoms with Gasteiger partial charge in [-0.25, -0.2) is 0 Å². The second-order valence-corrected chi connectivity index (χ2v) is 10.3. The fourth-order valence-electron chi connectivity index (χ4n) is 4.68. The fourth-order valence-corrected chi connectivity index (χ4v) is 4.81. The van der Waals surface area contributed by atoms with Crippen molar-refractivity contribution >= 4 is 23.4 Å². The van der Waals surface area contributed by atoms with Crippen molar-refractivity contribution in [3.63, 3.8) is 0 Å². The highest BCUT2D eigenvalue weighted by Gasteiger charge is 2.25. The van der Waals surface area contributed by atoms with Gasteiger partial charge in [-0.2, -0.15) is 0 Å². The van der Waals surface area contributed by atoms with E-state index >= 15 is 0 Å². The molecule has 1 atom stereocenters. The Balaban J connectivity index is 1.33. The monoisotopic (exact) mass is 573 g/mol. The highest BCUT2D eigenvalue weighted by Crippen LogP contribution is 2.26. The van der Waals surface area contributed by atoms with Crippen molar-refractivity contribution in [1.82, 2.24) is 20.7 Å². The number of nitrogens with two attached hydrogens (primary N) is 1. The van der Waals surface area contributed by atoms with Crippen LogP contribution in [0.5, 0.6) is 0 Å². The maximum Gasteiger partial charge on any atom is 0.273 e. The maximum atomic E-state index is 13.6. The second kappa shape index (κ2) is 15.1. The van der Waals surface area contributed by atoms with E-state index in [2.05, 4.69) is 40.1 Å². The molecule has 0 aliphatic carbocycles. The van der Waals surface area contributed by atoms with Gasteiger partial charge in [-0.15, -0.1) is 0 Å². The van der Waals surface area contributed by atoms with Gasteiger partial charge >= 0.3 is 0 Å². The zero-order valence-electron chi connectivity index (χ0n) is 23.1. The number of nitrogens with one attached hydrogen (secondary N) is 2. The van der Waals surface area contributed by atoms with Gasteiger partial charge < -0.3 is 25.8 Å². The van der Waals surface area contributed by atoms with E-state index in [1.165, 1.54) is 0 Å². The molecule has 214 valence electrons. The van der Waals surface area contributed by atoms with Gasteiger partial charge in [-0.05, 0) is 54.8 Å². The Hall–Kier alpha value is -3.98. The molecule has 0 bridgehead atoms. The molecule has 0 aliphatic rings. The molecule has 0 saturated carbocycles. The minimum absolute atomic E-state index is 0.00857. The summed E-state index contributed by atoms with van der Waals surface area (Å²) >= 11 is 5.94. The van der Waals surface area contributed by atoms with Gasteiger partial charge in [0.05, 0.1) is 6.04 Å². The summed E-state index contributed by atoms with van der Waals surface area (Å²) in [5, 5.41) is 10.6. The molecule has 0 fully saturated rings. The zero-order chi connectivity index (χ0) is 29.0. The quantitative estimate of drug-likeness (QED) is 0.188. The smallest absolute Gasteiger partial charge is 0.273 e. The molecule has 0 radical (unpaired) electrons. The summed E-state index contributed by atoms with van der Waals surface area (Å²) in [6, 6.07) is 28.7. The summed E-state index contributed by atoms with van der Waals surface area (Å²) in [7, 11) is 1.84. The predicted molar refractivity (Wildman–Crippen MR) is 162 cm³/mol. The predicted octanol–water partition coefficient (Wildman–Crippen LogP) is 4.71. The third-order valence-electron chi connectivity index (χ3n) is 6.90. The third-order valence-corrected chi connectivity index (χ3v) is 7.16. The molecule has 4 aromatic rings. The Morgan fingerprint density at radius 1 is 0.951 bits per heavy atom. The summed E-state index contributed by atoms with van der Waals surface area (Å²) in [6.45, 7) is 1.75.